The summed E-state index contributed by atoms with van der Waals surface area (Å²) in [4.78, 5) is 17.0. The summed E-state index contributed by atoms with van der Waals surface area (Å²) in [6.07, 6.45) is 1.47. The minimum absolute atomic E-state index is 0.0696. The lowest BCUT2D eigenvalue weighted by atomic mass is 10.0. The zero-order valence-electron chi connectivity index (χ0n) is 20.0. The van der Waals surface area contributed by atoms with Crippen LogP contribution in [0.1, 0.15) is 17.5 Å². The quantitative estimate of drug-likeness (QED) is 0.218. The van der Waals surface area contributed by atoms with Crippen LogP contribution >= 0.6 is 12.2 Å². The predicted molar refractivity (Wildman–Crippen MR) is 137 cm³/mol. The number of rotatable bonds is 10. The molecule has 0 spiro atoms. The Kier molecular flexibility index (Phi) is 8.03. The summed E-state index contributed by atoms with van der Waals surface area (Å²) in [6.45, 7) is 0. The number of thiocarbonyl (C=S) groups is 1. The number of Topliss-reactive ketones (excluding diaryl/α,β-unsaturated/α-hetero) is 1. The molecule has 0 bridgehead atoms. The highest BCUT2D eigenvalue weighted by Crippen LogP contribution is 2.37. The van der Waals surface area contributed by atoms with Crippen molar-refractivity contribution >= 4 is 33.8 Å². The zero-order chi connectivity index (χ0) is 26.5. The number of hydrogen-bond donors (Lipinski definition) is 0. The Hall–Kier alpha value is -3.98. The summed E-state index contributed by atoms with van der Waals surface area (Å²) in [5, 5.41) is 0.658. The number of methoxy groups -OCH3 is 2. The molecule has 3 aromatic carbocycles. The monoisotopic (exact) mass is 525 g/mol. The second-order valence-electron chi connectivity index (χ2n) is 8.24. The highest BCUT2D eigenvalue weighted by Gasteiger charge is 2.15. The van der Waals surface area contributed by atoms with E-state index in [1.54, 1.807) is 36.5 Å². The number of ether oxygens (including phenoxy) is 3. The molecule has 0 saturated carbocycles. The van der Waals surface area contributed by atoms with Crippen LogP contribution in [0.5, 0.6) is 23.0 Å². The molecule has 0 unspecified atom stereocenters. The van der Waals surface area contributed by atoms with Gasteiger partial charge in [-0.15, -0.1) is 0 Å². The standard InChI is InChI=1S/C28H22F3NO4S/c1-34-27-14-21-25(15-28(27)35-2)32-8-7-26(21)36-19-5-4-17(23(30)13-19)11-20(37)12-18(33)9-16-3-6-22(29)24(31)10-16/h3-8,10,13-15H,9,11-12H2,1-2H3. The SMILES string of the molecule is COc1cc2nccc(Oc3ccc(CC(=S)CC(=O)Cc4ccc(F)c(F)c4)c(F)c3)c2cc1OC. The van der Waals surface area contributed by atoms with E-state index in [2.05, 4.69) is 4.98 Å². The number of aromatic nitrogens is 1. The molecule has 0 saturated heterocycles. The van der Waals surface area contributed by atoms with Crippen LogP contribution in [0.15, 0.2) is 60.8 Å². The van der Waals surface area contributed by atoms with Crippen molar-refractivity contribution in [3.05, 3.63) is 89.4 Å². The Morgan fingerprint density at radius 1 is 0.838 bits per heavy atom. The van der Waals surface area contributed by atoms with Gasteiger partial charge in [0.25, 0.3) is 0 Å². The van der Waals surface area contributed by atoms with Gasteiger partial charge in [-0.05, 0) is 41.5 Å². The van der Waals surface area contributed by atoms with Crippen molar-refractivity contribution < 1.29 is 32.2 Å². The zero-order valence-corrected chi connectivity index (χ0v) is 20.8. The number of hydrogen-bond acceptors (Lipinski definition) is 6. The molecule has 9 heteroatoms. The highest BCUT2D eigenvalue weighted by molar-refractivity contribution is 7.80. The second-order valence-corrected chi connectivity index (χ2v) is 8.82. The molecule has 0 radical (unpaired) electrons. The maximum absolute atomic E-state index is 14.9. The number of carbonyl (C=O) groups is 1. The van der Waals surface area contributed by atoms with E-state index in [-0.39, 0.29) is 30.8 Å². The van der Waals surface area contributed by atoms with Crippen LogP contribution in [0.3, 0.4) is 0 Å². The van der Waals surface area contributed by atoms with Gasteiger partial charge in [-0.25, -0.2) is 13.2 Å². The third-order valence-electron chi connectivity index (χ3n) is 5.63. The second kappa shape index (κ2) is 11.4. The number of nitrogens with zero attached hydrogens (tertiary/aromatic N) is 1. The first-order chi connectivity index (χ1) is 17.8. The van der Waals surface area contributed by atoms with Gasteiger partial charge < -0.3 is 14.2 Å². The first-order valence-corrected chi connectivity index (χ1v) is 11.6. The molecule has 1 aromatic heterocycles. The van der Waals surface area contributed by atoms with Crippen molar-refractivity contribution in [3.8, 4) is 23.0 Å². The van der Waals surface area contributed by atoms with Crippen LogP contribution in [0.4, 0.5) is 13.2 Å². The van der Waals surface area contributed by atoms with Crippen LogP contribution in [-0.4, -0.2) is 29.9 Å². The Labute approximate surface area is 216 Å². The molecular weight excluding hydrogens is 503 g/mol. The molecule has 0 aliphatic carbocycles. The summed E-state index contributed by atoms with van der Waals surface area (Å²) in [5.41, 5.74) is 1.27. The minimum Gasteiger partial charge on any atom is -0.493 e. The van der Waals surface area contributed by atoms with Gasteiger partial charge in [-0.1, -0.05) is 24.4 Å². The number of pyridine rings is 1. The summed E-state index contributed by atoms with van der Waals surface area (Å²) >= 11 is 5.29. The number of ketones is 1. The summed E-state index contributed by atoms with van der Waals surface area (Å²) in [6, 6.07) is 12.8. The third-order valence-corrected chi connectivity index (χ3v) is 5.92. The fraction of sp³-hybridized carbons (Fsp3) is 0.179. The fourth-order valence-corrected chi connectivity index (χ4v) is 4.15. The Balaban J connectivity index is 1.43. The topological polar surface area (TPSA) is 57.7 Å². The molecule has 0 amide bonds. The number of benzene rings is 3. The van der Waals surface area contributed by atoms with Crippen molar-refractivity contribution in [2.75, 3.05) is 14.2 Å². The van der Waals surface area contributed by atoms with Gasteiger partial charge in [0.2, 0.25) is 0 Å². The predicted octanol–water partition coefficient (Wildman–Crippen LogP) is 6.58. The maximum Gasteiger partial charge on any atom is 0.162 e. The minimum atomic E-state index is -1.02. The lowest BCUT2D eigenvalue weighted by Gasteiger charge is -2.13. The molecule has 5 nitrogen and oxygen atoms in total. The maximum atomic E-state index is 14.9. The molecule has 0 fully saturated rings. The number of carbonyl (C=O) groups excluding carboxylic acids is 1. The lowest BCUT2D eigenvalue weighted by molar-refractivity contribution is -0.117. The Bertz CT molecular complexity index is 1490. The molecule has 1 heterocycles. The van der Waals surface area contributed by atoms with E-state index in [0.717, 1.165) is 12.1 Å². The summed E-state index contributed by atoms with van der Waals surface area (Å²) in [7, 11) is 3.05. The first-order valence-electron chi connectivity index (χ1n) is 11.2. The van der Waals surface area contributed by atoms with Gasteiger partial charge >= 0.3 is 0 Å². The molecule has 0 aliphatic rings. The normalized spacial score (nSPS) is 10.8. The molecule has 190 valence electrons. The van der Waals surface area contributed by atoms with E-state index in [0.29, 0.717) is 44.1 Å². The average Bonchev–Trinajstić information content (AvgIpc) is 2.87. The van der Waals surface area contributed by atoms with E-state index in [9.17, 15) is 18.0 Å². The molecule has 4 rings (SSSR count). The van der Waals surface area contributed by atoms with Gasteiger partial charge in [0, 0.05) is 47.8 Å². The third kappa shape index (κ3) is 6.24. The van der Waals surface area contributed by atoms with Crippen LogP contribution in [-0.2, 0) is 17.6 Å². The molecule has 37 heavy (non-hydrogen) atoms. The number of halogens is 3. The largest absolute Gasteiger partial charge is 0.493 e. The summed E-state index contributed by atoms with van der Waals surface area (Å²) in [5.74, 6) is -1.06. The molecular formula is C28H22F3NO4S. The van der Waals surface area contributed by atoms with Crippen LogP contribution in [0.2, 0.25) is 0 Å². The van der Waals surface area contributed by atoms with Crippen molar-refractivity contribution in [3.63, 3.8) is 0 Å². The fourth-order valence-electron chi connectivity index (χ4n) is 3.83. The van der Waals surface area contributed by atoms with E-state index >= 15 is 0 Å². The molecule has 4 aromatic rings. The molecule has 0 atom stereocenters. The molecule has 0 N–H and O–H groups in total. The average molecular weight is 526 g/mol. The first kappa shape index (κ1) is 26.1. The van der Waals surface area contributed by atoms with Gasteiger partial charge in [0.1, 0.15) is 23.1 Å². The Morgan fingerprint density at radius 2 is 1.59 bits per heavy atom. The van der Waals surface area contributed by atoms with Gasteiger partial charge in [0.15, 0.2) is 23.1 Å². The van der Waals surface area contributed by atoms with Crippen LogP contribution in [0, 0.1) is 17.5 Å². The van der Waals surface area contributed by atoms with Crippen LogP contribution < -0.4 is 14.2 Å². The van der Waals surface area contributed by atoms with E-state index in [4.69, 9.17) is 26.4 Å². The number of fused-ring (bicyclic) bond motifs is 1. The van der Waals surface area contributed by atoms with E-state index in [1.165, 1.54) is 26.4 Å². The van der Waals surface area contributed by atoms with Crippen molar-refractivity contribution in [1.29, 1.82) is 0 Å². The van der Waals surface area contributed by atoms with E-state index < -0.39 is 17.5 Å². The van der Waals surface area contributed by atoms with E-state index in [1.807, 2.05) is 0 Å². The van der Waals surface area contributed by atoms with Crippen molar-refractivity contribution in [2.24, 2.45) is 0 Å². The summed E-state index contributed by atoms with van der Waals surface area (Å²) < 4.78 is 57.9. The highest BCUT2D eigenvalue weighted by atomic mass is 32.1. The molecule has 0 aliphatic heterocycles. The van der Waals surface area contributed by atoms with Gasteiger partial charge in [-0.2, -0.15) is 0 Å². The lowest BCUT2D eigenvalue weighted by Crippen LogP contribution is -2.12. The van der Waals surface area contributed by atoms with Crippen molar-refractivity contribution in [1.82, 2.24) is 4.98 Å². The smallest absolute Gasteiger partial charge is 0.162 e. The van der Waals surface area contributed by atoms with Gasteiger partial charge in [-0.3, -0.25) is 9.78 Å². The van der Waals surface area contributed by atoms with Crippen LogP contribution in [0.25, 0.3) is 10.9 Å². The van der Waals surface area contributed by atoms with Crippen molar-refractivity contribution in [2.45, 2.75) is 19.3 Å². The van der Waals surface area contributed by atoms with Gasteiger partial charge in [0.05, 0.1) is 19.7 Å². The Morgan fingerprint density at radius 3 is 2.30 bits per heavy atom.